The lowest BCUT2D eigenvalue weighted by Crippen LogP contribution is -2.43. The SMILES string of the molecule is CC(N)C(c1cnn(C)c1)N1CCSCC1. The molecule has 1 aliphatic rings. The molecule has 0 saturated carbocycles. The Kier molecular flexibility index (Phi) is 3.89. The molecule has 2 rings (SSSR count). The highest BCUT2D eigenvalue weighted by atomic mass is 32.2. The van der Waals surface area contributed by atoms with Crippen LogP contribution in [0, 0.1) is 0 Å². The van der Waals surface area contributed by atoms with Crippen LogP contribution in [0.1, 0.15) is 18.5 Å². The van der Waals surface area contributed by atoms with Crippen molar-refractivity contribution in [3.8, 4) is 0 Å². The zero-order valence-electron chi connectivity index (χ0n) is 9.97. The van der Waals surface area contributed by atoms with Crippen LogP contribution in [0.15, 0.2) is 12.4 Å². The molecule has 0 aromatic carbocycles. The zero-order valence-corrected chi connectivity index (χ0v) is 10.8. The molecule has 90 valence electrons. The average molecular weight is 240 g/mol. The molecule has 1 fully saturated rings. The Bertz CT molecular complexity index is 330. The summed E-state index contributed by atoms with van der Waals surface area (Å²) in [5.41, 5.74) is 7.36. The standard InChI is InChI=1S/C11H20N4S/c1-9(12)11(10-7-13-14(2)8-10)15-3-5-16-6-4-15/h7-9,11H,3-6,12H2,1-2H3. The predicted molar refractivity (Wildman–Crippen MR) is 68.5 cm³/mol. The van der Waals surface area contributed by atoms with Crippen molar-refractivity contribution in [1.29, 1.82) is 0 Å². The van der Waals surface area contributed by atoms with Gasteiger partial charge >= 0.3 is 0 Å². The predicted octanol–water partition coefficient (Wildman–Crippen LogP) is 0.857. The molecule has 1 aromatic rings. The van der Waals surface area contributed by atoms with Crippen LogP contribution in [0.3, 0.4) is 0 Å². The average Bonchev–Trinajstić information content (AvgIpc) is 2.66. The minimum Gasteiger partial charge on any atom is -0.326 e. The van der Waals surface area contributed by atoms with Gasteiger partial charge in [-0.05, 0) is 6.92 Å². The topological polar surface area (TPSA) is 47.1 Å². The third-order valence-corrected chi connectivity index (χ3v) is 3.95. The molecule has 0 bridgehead atoms. The minimum atomic E-state index is 0.146. The second-order valence-electron chi connectivity index (χ2n) is 4.40. The van der Waals surface area contributed by atoms with Gasteiger partial charge < -0.3 is 5.73 Å². The summed E-state index contributed by atoms with van der Waals surface area (Å²) in [7, 11) is 1.95. The number of aromatic nitrogens is 2. The zero-order chi connectivity index (χ0) is 11.5. The first kappa shape index (κ1) is 12.0. The van der Waals surface area contributed by atoms with E-state index in [0.29, 0.717) is 6.04 Å². The molecule has 0 amide bonds. The Hall–Kier alpha value is -0.520. The first-order valence-electron chi connectivity index (χ1n) is 5.74. The van der Waals surface area contributed by atoms with Crippen LogP contribution in [0.5, 0.6) is 0 Å². The molecule has 0 aliphatic carbocycles. The number of nitrogens with two attached hydrogens (primary N) is 1. The van der Waals surface area contributed by atoms with E-state index in [1.807, 2.05) is 29.7 Å². The molecule has 0 spiro atoms. The Labute approximate surface area is 101 Å². The number of hydrogen-bond acceptors (Lipinski definition) is 4. The Morgan fingerprint density at radius 3 is 2.62 bits per heavy atom. The van der Waals surface area contributed by atoms with Crippen molar-refractivity contribution in [3.05, 3.63) is 18.0 Å². The molecular formula is C11H20N4S. The van der Waals surface area contributed by atoms with Gasteiger partial charge in [0.25, 0.3) is 0 Å². The van der Waals surface area contributed by atoms with E-state index >= 15 is 0 Å². The largest absolute Gasteiger partial charge is 0.326 e. The van der Waals surface area contributed by atoms with Gasteiger partial charge in [0.05, 0.1) is 12.2 Å². The van der Waals surface area contributed by atoms with E-state index in [1.54, 1.807) is 0 Å². The van der Waals surface area contributed by atoms with Crippen molar-refractivity contribution < 1.29 is 0 Å². The van der Waals surface area contributed by atoms with Crippen molar-refractivity contribution in [2.24, 2.45) is 12.8 Å². The maximum Gasteiger partial charge on any atom is 0.0538 e. The molecule has 1 aliphatic heterocycles. The molecule has 1 aromatic heterocycles. The normalized spacial score (nSPS) is 21.9. The molecule has 2 atom stereocenters. The summed E-state index contributed by atoms with van der Waals surface area (Å²) in [5, 5.41) is 4.24. The minimum absolute atomic E-state index is 0.146. The second-order valence-corrected chi connectivity index (χ2v) is 5.62. The lowest BCUT2D eigenvalue weighted by Gasteiger charge is -2.36. The summed E-state index contributed by atoms with van der Waals surface area (Å²) in [6.45, 7) is 4.34. The van der Waals surface area contributed by atoms with E-state index < -0.39 is 0 Å². The molecule has 4 nitrogen and oxygen atoms in total. The van der Waals surface area contributed by atoms with E-state index in [2.05, 4.69) is 23.1 Å². The fourth-order valence-corrected chi connectivity index (χ4v) is 3.23. The van der Waals surface area contributed by atoms with Crippen LogP contribution in [0.25, 0.3) is 0 Å². The third-order valence-electron chi connectivity index (χ3n) is 3.00. The van der Waals surface area contributed by atoms with Crippen molar-refractivity contribution in [2.45, 2.75) is 19.0 Å². The van der Waals surface area contributed by atoms with Crippen LogP contribution in [0.2, 0.25) is 0 Å². The summed E-state index contributed by atoms with van der Waals surface area (Å²) >= 11 is 2.02. The maximum absolute atomic E-state index is 6.12. The maximum atomic E-state index is 6.12. The summed E-state index contributed by atoms with van der Waals surface area (Å²) in [6, 6.07) is 0.460. The monoisotopic (exact) mass is 240 g/mol. The van der Waals surface area contributed by atoms with Crippen molar-refractivity contribution in [1.82, 2.24) is 14.7 Å². The summed E-state index contributed by atoms with van der Waals surface area (Å²) in [4.78, 5) is 2.48. The van der Waals surface area contributed by atoms with Gasteiger partial charge in [-0.3, -0.25) is 9.58 Å². The number of nitrogens with zero attached hydrogens (tertiary/aromatic N) is 3. The van der Waals surface area contributed by atoms with Gasteiger partial charge in [0.2, 0.25) is 0 Å². The van der Waals surface area contributed by atoms with Crippen LogP contribution in [-0.4, -0.2) is 45.3 Å². The van der Waals surface area contributed by atoms with E-state index in [-0.39, 0.29) is 6.04 Å². The van der Waals surface area contributed by atoms with E-state index in [0.717, 1.165) is 13.1 Å². The lowest BCUT2D eigenvalue weighted by atomic mass is 10.0. The van der Waals surface area contributed by atoms with Crippen molar-refractivity contribution in [3.63, 3.8) is 0 Å². The van der Waals surface area contributed by atoms with E-state index in [9.17, 15) is 0 Å². The molecule has 5 heteroatoms. The lowest BCUT2D eigenvalue weighted by molar-refractivity contribution is 0.195. The van der Waals surface area contributed by atoms with Gasteiger partial charge in [-0.25, -0.2) is 0 Å². The van der Waals surface area contributed by atoms with Gasteiger partial charge in [-0.1, -0.05) is 0 Å². The first-order chi connectivity index (χ1) is 7.68. The molecule has 2 heterocycles. The number of thioether (sulfide) groups is 1. The van der Waals surface area contributed by atoms with Crippen LogP contribution in [0.4, 0.5) is 0 Å². The van der Waals surface area contributed by atoms with Gasteiger partial charge in [0.1, 0.15) is 0 Å². The van der Waals surface area contributed by atoms with Crippen LogP contribution in [-0.2, 0) is 7.05 Å². The van der Waals surface area contributed by atoms with Crippen LogP contribution >= 0.6 is 11.8 Å². The van der Waals surface area contributed by atoms with Crippen molar-refractivity contribution >= 4 is 11.8 Å². The van der Waals surface area contributed by atoms with Gasteiger partial charge in [-0.2, -0.15) is 16.9 Å². The highest BCUT2D eigenvalue weighted by molar-refractivity contribution is 7.99. The number of hydrogen-bond donors (Lipinski definition) is 1. The quantitative estimate of drug-likeness (QED) is 0.851. The number of aryl methyl sites for hydroxylation is 1. The van der Waals surface area contributed by atoms with E-state index in [4.69, 9.17) is 5.73 Å². The Morgan fingerprint density at radius 1 is 1.44 bits per heavy atom. The van der Waals surface area contributed by atoms with Crippen LogP contribution < -0.4 is 5.73 Å². The highest BCUT2D eigenvalue weighted by Crippen LogP contribution is 2.25. The smallest absolute Gasteiger partial charge is 0.0538 e. The molecular weight excluding hydrogens is 220 g/mol. The highest BCUT2D eigenvalue weighted by Gasteiger charge is 2.26. The fraction of sp³-hybridized carbons (Fsp3) is 0.727. The summed E-state index contributed by atoms with van der Waals surface area (Å²) < 4.78 is 1.85. The number of rotatable bonds is 3. The Balaban J connectivity index is 2.16. The van der Waals surface area contributed by atoms with E-state index in [1.165, 1.54) is 17.1 Å². The first-order valence-corrected chi connectivity index (χ1v) is 6.90. The third kappa shape index (κ3) is 2.59. The van der Waals surface area contributed by atoms with Gasteiger partial charge in [-0.15, -0.1) is 0 Å². The molecule has 2 N–H and O–H groups in total. The summed E-state index contributed by atoms with van der Waals surface area (Å²) in [6.07, 6.45) is 4.02. The fourth-order valence-electron chi connectivity index (χ4n) is 2.30. The molecule has 16 heavy (non-hydrogen) atoms. The van der Waals surface area contributed by atoms with Gasteiger partial charge in [0.15, 0.2) is 0 Å². The second kappa shape index (κ2) is 5.21. The van der Waals surface area contributed by atoms with Gasteiger partial charge in [0, 0.05) is 49.4 Å². The molecule has 2 unspecified atom stereocenters. The summed E-state index contributed by atoms with van der Waals surface area (Å²) in [5.74, 6) is 2.42. The van der Waals surface area contributed by atoms with Crippen molar-refractivity contribution in [2.75, 3.05) is 24.6 Å². The molecule has 1 saturated heterocycles. The molecule has 0 radical (unpaired) electrons. The Morgan fingerprint density at radius 2 is 2.12 bits per heavy atom.